The van der Waals surface area contributed by atoms with Gasteiger partial charge in [-0.3, -0.25) is 9.52 Å². The van der Waals surface area contributed by atoms with Crippen LogP contribution in [-0.2, 0) is 10.0 Å². The molecule has 0 saturated heterocycles. The Kier molecular flexibility index (Phi) is 5.21. The van der Waals surface area contributed by atoms with Gasteiger partial charge in [0.25, 0.3) is 10.0 Å². The fourth-order valence-corrected chi connectivity index (χ4v) is 2.91. The highest BCUT2D eigenvalue weighted by Crippen LogP contribution is 2.28. The van der Waals surface area contributed by atoms with Crippen molar-refractivity contribution in [1.82, 2.24) is 0 Å². The zero-order valence-corrected chi connectivity index (χ0v) is 13.4. The SMILES string of the molecule is NC(=O)c1ccc(S(=O)(=O)Nc2ccccc2OCC(F)(F)F)cc1. The molecule has 2 aromatic carbocycles. The molecule has 10 heteroatoms. The smallest absolute Gasteiger partial charge is 0.422 e. The van der Waals surface area contributed by atoms with Crippen molar-refractivity contribution >= 4 is 21.6 Å². The first kappa shape index (κ1) is 18.6. The number of amides is 1. The number of nitrogens with one attached hydrogen (secondary N) is 1. The van der Waals surface area contributed by atoms with Crippen molar-refractivity contribution in [3.05, 3.63) is 54.1 Å². The van der Waals surface area contributed by atoms with Crippen LogP contribution in [0.15, 0.2) is 53.4 Å². The van der Waals surface area contributed by atoms with Crippen LogP contribution in [0.5, 0.6) is 5.75 Å². The van der Waals surface area contributed by atoms with Crippen LogP contribution in [-0.4, -0.2) is 27.1 Å². The van der Waals surface area contributed by atoms with E-state index >= 15 is 0 Å². The van der Waals surface area contributed by atoms with E-state index in [0.717, 1.165) is 12.1 Å². The second kappa shape index (κ2) is 7.01. The van der Waals surface area contributed by atoms with E-state index in [9.17, 15) is 26.4 Å². The summed E-state index contributed by atoms with van der Waals surface area (Å²) in [6.07, 6.45) is -4.56. The van der Waals surface area contributed by atoms with Gasteiger partial charge in [0.2, 0.25) is 5.91 Å². The minimum atomic E-state index is -4.56. The number of anilines is 1. The maximum atomic E-state index is 12.3. The maximum Gasteiger partial charge on any atom is 0.422 e. The lowest BCUT2D eigenvalue weighted by Gasteiger charge is -2.14. The van der Waals surface area contributed by atoms with Gasteiger partial charge in [-0.2, -0.15) is 13.2 Å². The summed E-state index contributed by atoms with van der Waals surface area (Å²) in [6.45, 7) is -1.56. The minimum Gasteiger partial charge on any atom is -0.482 e. The number of ether oxygens (including phenoxy) is 1. The van der Waals surface area contributed by atoms with Crippen molar-refractivity contribution in [2.45, 2.75) is 11.1 Å². The number of alkyl halides is 3. The first-order valence-corrected chi connectivity index (χ1v) is 8.28. The van der Waals surface area contributed by atoms with Crippen LogP contribution in [0.25, 0.3) is 0 Å². The van der Waals surface area contributed by atoms with Gasteiger partial charge in [-0.05, 0) is 36.4 Å². The summed E-state index contributed by atoms with van der Waals surface area (Å²) >= 11 is 0. The van der Waals surface area contributed by atoms with Gasteiger partial charge in [0.05, 0.1) is 10.6 Å². The van der Waals surface area contributed by atoms with E-state index in [-0.39, 0.29) is 21.9 Å². The molecule has 25 heavy (non-hydrogen) atoms. The molecular weight excluding hydrogens is 361 g/mol. The van der Waals surface area contributed by atoms with Gasteiger partial charge in [-0.15, -0.1) is 0 Å². The molecule has 3 N–H and O–H groups in total. The van der Waals surface area contributed by atoms with Crippen LogP contribution >= 0.6 is 0 Å². The zero-order chi connectivity index (χ0) is 18.7. The highest BCUT2D eigenvalue weighted by atomic mass is 32.2. The number of nitrogens with two attached hydrogens (primary N) is 1. The highest BCUT2D eigenvalue weighted by Gasteiger charge is 2.29. The number of primary amides is 1. The molecule has 0 spiro atoms. The quantitative estimate of drug-likeness (QED) is 0.812. The molecule has 0 unspecified atom stereocenters. The second-order valence-electron chi connectivity index (χ2n) is 4.89. The minimum absolute atomic E-state index is 0.118. The van der Waals surface area contributed by atoms with E-state index in [2.05, 4.69) is 9.46 Å². The van der Waals surface area contributed by atoms with Gasteiger partial charge in [0, 0.05) is 5.56 Å². The van der Waals surface area contributed by atoms with Crippen LogP contribution in [0.1, 0.15) is 10.4 Å². The molecule has 6 nitrogen and oxygen atoms in total. The average molecular weight is 374 g/mol. The lowest BCUT2D eigenvalue weighted by Crippen LogP contribution is -2.20. The summed E-state index contributed by atoms with van der Waals surface area (Å²) in [5.74, 6) is -0.986. The maximum absolute atomic E-state index is 12.3. The lowest BCUT2D eigenvalue weighted by atomic mass is 10.2. The summed E-state index contributed by atoms with van der Waals surface area (Å²) in [4.78, 5) is 10.8. The molecule has 0 fully saturated rings. The molecule has 2 aromatic rings. The van der Waals surface area contributed by atoms with Crippen LogP contribution < -0.4 is 15.2 Å². The number of halogens is 3. The number of carbonyl (C=O) groups excluding carboxylic acids is 1. The Hall–Kier alpha value is -2.75. The van der Waals surface area contributed by atoms with Crippen LogP contribution in [0.4, 0.5) is 18.9 Å². The highest BCUT2D eigenvalue weighted by molar-refractivity contribution is 7.92. The molecular formula is C15H13F3N2O4S. The van der Waals surface area contributed by atoms with E-state index in [1.54, 1.807) is 0 Å². The second-order valence-corrected chi connectivity index (χ2v) is 6.58. The number of benzene rings is 2. The largest absolute Gasteiger partial charge is 0.482 e. The number of hydrogen-bond donors (Lipinski definition) is 2. The van der Waals surface area contributed by atoms with E-state index in [1.165, 1.54) is 36.4 Å². The standard InChI is InChI=1S/C15H13F3N2O4S/c16-15(17,18)9-24-13-4-2-1-3-12(13)20-25(22,23)11-7-5-10(6-8-11)14(19)21/h1-8,20H,9H2,(H2,19,21). The van der Waals surface area contributed by atoms with E-state index in [0.29, 0.717) is 0 Å². The summed E-state index contributed by atoms with van der Waals surface area (Å²) < 4.78 is 68.3. The zero-order valence-electron chi connectivity index (χ0n) is 12.6. The Morgan fingerprint density at radius 2 is 1.68 bits per heavy atom. The molecule has 134 valence electrons. The molecule has 1 amide bonds. The number of rotatable bonds is 6. The lowest BCUT2D eigenvalue weighted by molar-refractivity contribution is -0.153. The Balaban J connectivity index is 2.24. The third-order valence-electron chi connectivity index (χ3n) is 2.97. The predicted octanol–water partition coefficient (Wildman–Crippen LogP) is 2.53. The molecule has 0 radical (unpaired) electrons. The Labute approximate surface area is 141 Å². The summed E-state index contributed by atoms with van der Waals surface area (Å²) in [7, 11) is -4.10. The summed E-state index contributed by atoms with van der Waals surface area (Å²) in [6, 6.07) is 10.1. The van der Waals surface area contributed by atoms with Crippen molar-refractivity contribution in [3.63, 3.8) is 0 Å². The summed E-state index contributed by atoms with van der Waals surface area (Å²) in [5, 5.41) is 0. The number of para-hydroxylation sites is 2. The molecule has 0 bridgehead atoms. The van der Waals surface area contributed by atoms with Crippen LogP contribution in [0.3, 0.4) is 0 Å². The van der Waals surface area contributed by atoms with Crippen molar-refractivity contribution in [2.24, 2.45) is 5.73 Å². The molecule has 0 aromatic heterocycles. The fourth-order valence-electron chi connectivity index (χ4n) is 1.84. The first-order chi connectivity index (χ1) is 11.6. The molecule has 2 rings (SSSR count). The molecule has 0 aliphatic carbocycles. The Morgan fingerprint density at radius 3 is 2.24 bits per heavy atom. The molecule has 0 aliphatic rings. The van der Waals surface area contributed by atoms with Crippen molar-refractivity contribution in [1.29, 1.82) is 0 Å². The van der Waals surface area contributed by atoms with E-state index < -0.39 is 28.7 Å². The number of sulfonamides is 1. The molecule has 0 aliphatic heterocycles. The Bertz CT molecular complexity index is 865. The van der Waals surface area contributed by atoms with E-state index in [4.69, 9.17) is 5.73 Å². The van der Waals surface area contributed by atoms with Gasteiger partial charge in [-0.25, -0.2) is 8.42 Å². The van der Waals surface area contributed by atoms with Gasteiger partial charge >= 0.3 is 6.18 Å². The van der Waals surface area contributed by atoms with Gasteiger partial charge in [-0.1, -0.05) is 12.1 Å². The van der Waals surface area contributed by atoms with Crippen LogP contribution in [0.2, 0.25) is 0 Å². The summed E-state index contributed by atoms with van der Waals surface area (Å²) in [5.41, 5.74) is 5.04. The van der Waals surface area contributed by atoms with Crippen molar-refractivity contribution < 1.29 is 31.1 Å². The first-order valence-electron chi connectivity index (χ1n) is 6.80. The molecule has 0 atom stereocenters. The normalized spacial score (nSPS) is 11.8. The van der Waals surface area contributed by atoms with Crippen molar-refractivity contribution in [3.8, 4) is 5.75 Å². The third-order valence-corrected chi connectivity index (χ3v) is 4.35. The van der Waals surface area contributed by atoms with Crippen molar-refractivity contribution in [2.75, 3.05) is 11.3 Å². The van der Waals surface area contributed by atoms with E-state index in [1.807, 2.05) is 0 Å². The van der Waals surface area contributed by atoms with Gasteiger partial charge in [0.1, 0.15) is 5.75 Å². The average Bonchev–Trinajstić information content (AvgIpc) is 2.53. The number of hydrogen-bond acceptors (Lipinski definition) is 4. The molecule has 0 heterocycles. The van der Waals surface area contributed by atoms with Gasteiger partial charge < -0.3 is 10.5 Å². The van der Waals surface area contributed by atoms with Gasteiger partial charge in [0.15, 0.2) is 6.61 Å². The fraction of sp³-hybridized carbons (Fsp3) is 0.133. The predicted molar refractivity (Wildman–Crippen MR) is 83.8 cm³/mol. The number of carbonyl (C=O) groups is 1. The molecule has 0 saturated carbocycles. The third kappa shape index (κ3) is 5.11. The Morgan fingerprint density at radius 1 is 1.08 bits per heavy atom. The monoisotopic (exact) mass is 374 g/mol. The van der Waals surface area contributed by atoms with Crippen LogP contribution in [0, 0.1) is 0 Å². The topological polar surface area (TPSA) is 98.5 Å².